The van der Waals surface area contributed by atoms with Crippen LogP contribution in [0.4, 0.5) is 5.95 Å². The van der Waals surface area contributed by atoms with Crippen LogP contribution < -0.4 is 14.8 Å². The maximum absolute atomic E-state index is 10.8. The number of methoxy groups -OCH3 is 1. The van der Waals surface area contributed by atoms with Crippen LogP contribution in [0.25, 0.3) is 11.3 Å². The molecule has 0 atom stereocenters. The Hall–Kier alpha value is -3.13. The van der Waals surface area contributed by atoms with Crippen LogP contribution >= 0.6 is 11.3 Å². The highest BCUT2D eigenvalue weighted by Gasteiger charge is 2.10. The molecule has 2 heterocycles. The number of hydrogen-bond donors (Lipinski definition) is 2. The average Bonchev–Trinajstić information content (AvgIpc) is 3.18. The Bertz CT molecular complexity index is 884. The Morgan fingerprint density at radius 2 is 2.12 bits per heavy atom. The van der Waals surface area contributed by atoms with Crippen molar-refractivity contribution in [3.63, 3.8) is 0 Å². The van der Waals surface area contributed by atoms with Gasteiger partial charge in [-0.15, -0.1) is 11.3 Å². The summed E-state index contributed by atoms with van der Waals surface area (Å²) in [5.74, 6) is 0.176. The molecule has 2 aromatic heterocycles. The van der Waals surface area contributed by atoms with Gasteiger partial charge in [0.25, 0.3) is 0 Å². The number of aromatic nitrogens is 2. The summed E-state index contributed by atoms with van der Waals surface area (Å²) in [6.07, 6.45) is 0. The van der Waals surface area contributed by atoms with E-state index in [0.29, 0.717) is 23.9 Å². The lowest BCUT2D eigenvalue weighted by atomic mass is 10.1. The molecule has 2 N–H and O–H groups in total. The van der Waals surface area contributed by atoms with Gasteiger partial charge < -0.3 is 19.9 Å². The Morgan fingerprint density at radius 3 is 2.85 bits per heavy atom. The lowest BCUT2D eigenvalue weighted by Gasteiger charge is -2.10. The fourth-order valence-corrected chi connectivity index (χ4v) is 2.87. The molecule has 0 aliphatic heterocycles. The maximum atomic E-state index is 10.8. The SMILES string of the molecule is COc1cccc(-c2cc(OCC(=O)O)nc(NCc3cccs3)n2)c1. The third kappa shape index (κ3) is 4.70. The Morgan fingerprint density at radius 1 is 1.23 bits per heavy atom. The van der Waals surface area contributed by atoms with Gasteiger partial charge in [0.2, 0.25) is 11.8 Å². The third-order valence-electron chi connectivity index (χ3n) is 3.41. The summed E-state index contributed by atoms with van der Waals surface area (Å²) in [5, 5.41) is 14.0. The molecule has 0 amide bonds. The number of aliphatic carboxylic acids is 1. The Labute approximate surface area is 154 Å². The monoisotopic (exact) mass is 371 g/mol. The van der Waals surface area contributed by atoms with Gasteiger partial charge in [-0.05, 0) is 23.6 Å². The molecule has 8 heteroatoms. The number of rotatable bonds is 8. The predicted octanol–water partition coefficient (Wildman–Crippen LogP) is 3.29. The minimum absolute atomic E-state index is 0.189. The first-order valence-electron chi connectivity index (χ1n) is 7.78. The zero-order valence-electron chi connectivity index (χ0n) is 14.0. The van der Waals surface area contributed by atoms with E-state index in [2.05, 4.69) is 15.3 Å². The van der Waals surface area contributed by atoms with Gasteiger partial charge in [0.15, 0.2) is 6.61 Å². The minimum atomic E-state index is -1.07. The normalized spacial score (nSPS) is 10.3. The molecule has 134 valence electrons. The van der Waals surface area contributed by atoms with E-state index in [0.717, 1.165) is 10.4 Å². The van der Waals surface area contributed by atoms with Crippen molar-refractivity contribution >= 4 is 23.3 Å². The van der Waals surface area contributed by atoms with Crippen molar-refractivity contribution in [1.29, 1.82) is 0 Å². The van der Waals surface area contributed by atoms with E-state index in [-0.39, 0.29) is 5.88 Å². The molecule has 0 radical (unpaired) electrons. The smallest absolute Gasteiger partial charge is 0.341 e. The Balaban J connectivity index is 1.89. The summed E-state index contributed by atoms with van der Waals surface area (Å²) >= 11 is 1.62. The van der Waals surface area contributed by atoms with Crippen molar-refractivity contribution in [3.05, 3.63) is 52.7 Å². The van der Waals surface area contributed by atoms with Crippen molar-refractivity contribution in [3.8, 4) is 22.9 Å². The molecular formula is C18H17N3O4S. The van der Waals surface area contributed by atoms with Crippen molar-refractivity contribution < 1.29 is 19.4 Å². The summed E-state index contributed by atoms with van der Waals surface area (Å²) in [7, 11) is 1.59. The highest BCUT2D eigenvalue weighted by molar-refractivity contribution is 7.09. The van der Waals surface area contributed by atoms with Gasteiger partial charge in [0.1, 0.15) is 5.75 Å². The molecule has 0 bridgehead atoms. The number of nitrogens with zero attached hydrogens (tertiary/aromatic N) is 2. The summed E-state index contributed by atoms with van der Waals surface area (Å²) in [5.41, 5.74) is 1.42. The zero-order valence-corrected chi connectivity index (χ0v) is 14.8. The molecule has 3 rings (SSSR count). The molecule has 0 spiro atoms. The lowest BCUT2D eigenvalue weighted by Crippen LogP contribution is -2.12. The van der Waals surface area contributed by atoms with Gasteiger partial charge in [-0.2, -0.15) is 4.98 Å². The van der Waals surface area contributed by atoms with Gasteiger partial charge in [-0.3, -0.25) is 0 Å². The van der Waals surface area contributed by atoms with Crippen molar-refractivity contribution in [1.82, 2.24) is 9.97 Å². The quantitative estimate of drug-likeness (QED) is 0.627. The maximum Gasteiger partial charge on any atom is 0.341 e. The van der Waals surface area contributed by atoms with Crippen LogP contribution in [0.2, 0.25) is 0 Å². The number of anilines is 1. The average molecular weight is 371 g/mol. The van der Waals surface area contributed by atoms with Crippen LogP contribution in [0.5, 0.6) is 11.6 Å². The molecule has 1 aromatic carbocycles. The second-order valence-corrected chi connectivity index (χ2v) is 6.29. The topological polar surface area (TPSA) is 93.6 Å². The second-order valence-electron chi connectivity index (χ2n) is 5.26. The highest BCUT2D eigenvalue weighted by atomic mass is 32.1. The number of carboxylic acid groups (broad SMARTS) is 1. The molecule has 3 aromatic rings. The fourth-order valence-electron chi connectivity index (χ4n) is 2.22. The van der Waals surface area contributed by atoms with E-state index >= 15 is 0 Å². The van der Waals surface area contributed by atoms with E-state index in [1.807, 2.05) is 41.8 Å². The van der Waals surface area contributed by atoms with Gasteiger partial charge in [-0.1, -0.05) is 18.2 Å². The number of ether oxygens (including phenoxy) is 2. The van der Waals surface area contributed by atoms with Crippen molar-refractivity contribution in [2.45, 2.75) is 6.54 Å². The van der Waals surface area contributed by atoms with E-state index < -0.39 is 12.6 Å². The summed E-state index contributed by atoms with van der Waals surface area (Å²) in [4.78, 5) is 20.7. The number of hydrogen-bond acceptors (Lipinski definition) is 7. The number of carboxylic acids is 1. The first-order chi connectivity index (χ1) is 12.6. The van der Waals surface area contributed by atoms with Crippen LogP contribution in [0.1, 0.15) is 4.88 Å². The lowest BCUT2D eigenvalue weighted by molar-refractivity contribution is -0.139. The summed E-state index contributed by atoms with van der Waals surface area (Å²) in [6.45, 7) is 0.0938. The largest absolute Gasteiger partial charge is 0.497 e. The predicted molar refractivity (Wildman–Crippen MR) is 98.8 cm³/mol. The summed E-state index contributed by atoms with van der Waals surface area (Å²) in [6, 6.07) is 13.0. The van der Waals surface area contributed by atoms with Gasteiger partial charge in [-0.25, -0.2) is 9.78 Å². The number of carbonyl (C=O) groups is 1. The number of nitrogens with one attached hydrogen (secondary N) is 1. The van der Waals surface area contributed by atoms with Crippen LogP contribution in [0.15, 0.2) is 47.8 Å². The first kappa shape index (κ1) is 17.7. The number of benzene rings is 1. The molecule has 0 fully saturated rings. The molecule has 0 aliphatic rings. The highest BCUT2D eigenvalue weighted by Crippen LogP contribution is 2.26. The van der Waals surface area contributed by atoms with Crippen molar-refractivity contribution in [2.75, 3.05) is 19.0 Å². The molecule has 0 saturated heterocycles. The van der Waals surface area contributed by atoms with Crippen molar-refractivity contribution in [2.24, 2.45) is 0 Å². The van der Waals surface area contributed by atoms with Gasteiger partial charge >= 0.3 is 5.97 Å². The standard InChI is InChI=1S/C18H17N3O4S/c1-24-13-5-2-4-12(8-13)15-9-16(25-11-17(22)23)21-18(20-15)19-10-14-6-3-7-26-14/h2-9H,10-11H2,1H3,(H,22,23)(H,19,20,21). The van der Waals surface area contributed by atoms with Gasteiger partial charge in [0, 0.05) is 16.5 Å². The first-order valence-corrected chi connectivity index (χ1v) is 8.66. The van der Waals surface area contributed by atoms with Crippen LogP contribution in [-0.4, -0.2) is 34.8 Å². The number of thiophene rings is 1. The molecule has 0 aliphatic carbocycles. The van der Waals surface area contributed by atoms with E-state index in [9.17, 15) is 4.79 Å². The Kier molecular flexibility index (Phi) is 5.65. The molecular weight excluding hydrogens is 354 g/mol. The molecule has 0 saturated carbocycles. The molecule has 0 unspecified atom stereocenters. The van der Waals surface area contributed by atoms with E-state index in [4.69, 9.17) is 14.6 Å². The third-order valence-corrected chi connectivity index (χ3v) is 4.29. The minimum Gasteiger partial charge on any atom is -0.497 e. The van der Waals surface area contributed by atoms with Crippen LogP contribution in [0.3, 0.4) is 0 Å². The van der Waals surface area contributed by atoms with E-state index in [1.54, 1.807) is 24.5 Å². The van der Waals surface area contributed by atoms with Crippen LogP contribution in [-0.2, 0) is 11.3 Å². The van der Waals surface area contributed by atoms with E-state index in [1.165, 1.54) is 0 Å². The van der Waals surface area contributed by atoms with Crippen LogP contribution in [0, 0.1) is 0 Å². The second kappa shape index (κ2) is 8.30. The zero-order chi connectivity index (χ0) is 18.4. The fraction of sp³-hybridized carbons (Fsp3) is 0.167. The van der Waals surface area contributed by atoms with Gasteiger partial charge in [0.05, 0.1) is 19.3 Å². The molecule has 7 nitrogen and oxygen atoms in total. The molecule has 26 heavy (non-hydrogen) atoms. The summed E-state index contributed by atoms with van der Waals surface area (Å²) < 4.78 is 10.5.